The molecule has 1 aromatic heterocycles. The average molecular weight is 387 g/mol. The van der Waals surface area contributed by atoms with Crippen molar-refractivity contribution in [2.75, 3.05) is 0 Å². The second-order valence-corrected chi connectivity index (χ2v) is 10.6. The number of carbonyl (C=O) groups is 2. The van der Waals surface area contributed by atoms with Crippen LogP contribution in [0, 0.1) is 12.3 Å². The zero-order valence-electron chi connectivity index (χ0n) is 16.7. The lowest BCUT2D eigenvalue weighted by atomic mass is 9.87. The number of hydrogen-bond acceptors (Lipinski definition) is 5. The number of benzene rings is 1. The predicted molar refractivity (Wildman–Crippen MR) is 104 cm³/mol. The summed E-state index contributed by atoms with van der Waals surface area (Å²) in [6.45, 7) is 12.4. The first kappa shape index (κ1) is 19.5. The van der Waals surface area contributed by atoms with Gasteiger partial charge in [0.25, 0.3) is 11.8 Å². The van der Waals surface area contributed by atoms with Gasteiger partial charge in [0.2, 0.25) is 5.89 Å². The van der Waals surface area contributed by atoms with Crippen molar-refractivity contribution in [1.82, 2.24) is 9.88 Å². The Kier molecular flexibility index (Phi) is 5.09. The van der Waals surface area contributed by atoms with E-state index in [4.69, 9.17) is 8.84 Å². The van der Waals surface area contributed by atoms with Crippen LogP contribution in [0.2, 0.25) is 13.1 Å². The fourth-order valence-electron chi connectivity index (χ4n) is 3.23. The van der Waals surface area contributed by atoms with Crippen molar-refractivity contribution in [3.05, 3.63) is 52.7 Å². The van der Waals surface area contributed by atoms with E-state index >= 15 is 0 Å². The van der Waals surface area contributed by atoms with E-state index in [9.17, 15) is 9.59 Å². The third-order valence-electron chi connectivity index (χ3n) is 4.48. The maximum atomic E-state index is 12.6. The molecule has 1 unspecified atom stereocenters. The molecule has 1 aliphatic heterocycles. The van der Waals surface area contributed by atoms with Crippen LogP contribution in [-0.2, 0) is 11.0 Å². The van der Waals surface area contributed by atoms with Crippen LogP contribution in [-0.4, -0.2) is 30.7 Å². The Balaban J connectivity index is 1.87. The number of oxazole rings is 1. The third kappa shape index (κ3) is 3.75. The van der Waals surface area contributed by atoms with Gasteiger partial charge >= 0.3 is 0 Å². The molecular formula is C20H26N2O4Si. The topological polar surface area (TPSA) is 72.6 Å². The molecule has 0 radical (unpaired) electrons. The normalized spacial score (nSPS) is 15.6. The number of carbonyl (C=O) groups excluding carboxylic acids is 2. The van der Waals surface area contributed by atoms with Gasteiger partial charge in [0, 0.05) is 0 Å². The first-order valence-corrected chi connectivity index (χ1v) is 11.9. The average Bonchev–Trinajstić information content (AvgIpc) is 3.05. The molecule has 27 heavy (non-hydrogen) atoms. The molecule has 2 amide bonds. The van der Waals surface area contributed by atoms with Crippen molar-refractivity contribution in [2.24, 2.45) is 5.41 Å². The first-order valence-electron chi connectivity index (χ1n) is 9.16. The number of aromatic nitrogens is 1. The lowest BCUT2D eigenvalue weighted by Gasteiger charge is -2.31. The minimum Gasteiger partial charge on any atom is -0.441 e. The van der Waals surface area contributed by atoms with Crippen molar-refractivity contribution in [3.63, 3.8) is 0 Å². The molecule has 1 aromatic carbocycles. The molecule has 2 heterocycles. The molecule has 0 N–H and O–H groups in total. The Morgan fingerprint density at radius 1 is 1.15 bits per heavy atom. The number of hydrogen-bond donors (Lipinski definition) is 0. The molecule has 1 aliphatic rings. The number of amides is 2. The highest BCUT2D eigenvalue weighted by atomic mass is 28.3. The highest BCUT2D eigenvalue weighted by Crippen LogP contribution is 2.38. The molecular weight excluding hydrogens is 360 g/mol. The second kappa shape index (κ2) is 7.05. The van der Waals surface area contributed by atoms with Gasteiger partial charge in [0.05, 0.1) is 16.8 Å². The summed E-state index contributed by atoms with van der Waals surface area (Å²) in [7, 11) is -1.31. The summed E-state index contributed by atoms with van der Waals surface area (Å²) in [6, 6.07) is 6.83. The Labute approximate surface area is 161 Å². The van der Waals surface area contributed by atoms with Gasteiger partial charge in [-0.1, -0.05) is 32.9 Å². The number of aryl methyl sites for hydroxylation is 1. The molecule has 0 fully saturated rings. The molecule has 3 rings (SSSR count). The van der Waals surface area contributed by atoms with Crippen molar-refractivity contribution < 1.29 is 18.4 Å². The molecule has 1 atom stereocenters. The van der Waals surface area contributed by atoms with Gasteiger partial charge in [-0.2, -0.15) is 0 Å². The fraction of sp³-hybridized carbons (Fsp3) is 0.450. The summed E-state index contributed by atoms with van der Waals surface area (Å²) in [5.74, 6) is 0.396. The third-order valence-corrected chi connectivity index (χ3v) is 5.30. The second-order valence-electron chi connectivity index (χ2n) is 8.23. The van der Waals surface area contributed by atoms with Gasteiger partial charge in [-0.25, -0.2) is 4.98 Å². The molecule has 0 spiro atoms. The maximum Gasteiger partial charge on any atom is 0.262 e. The van der Waals surface area contributed by atoms with Crippen molar-refractivity contribution in [1.29, 1.82) is 0 Å². The Hall–Kier alpha value is -2.25. The smallest absolute Gasteiger partial charge is 0.262 e. The molecule has 2 aromatic rings. The van der Waals surface area contributed by atoms with Crippen LogP contribution in [0.1, 0.15) is 64.9 Å². The number of fused-ring (bicyclic) bond motifs is 1. The molecule has 7 heteroatoms. The van der Waals surface area contributed by atoms with E-state index in [-0.39, 0.29) is 29.9 Å². The Morgan fingerprint density at radius 2 is 1.70 bits per heavy atom. The summed E-state index contributed by atoms with van der Waals surface area (Å²) >= 11 is 0. The zero-order chi connectivity index (χ0) is 19.9. The van der Waals surface area contributed by atoms with Crippen LogP contribution in [0.5, 0.6) is 0 Å². The summed E-state index contributed by atoms with van der Waals surface area (Å²) in [5.41, 5.74) is 1.42. The van der Waals surface area contributed by atoms with Crippen LogP contribution in [0.4, 0.5) is 0 Å². The van der Waals surface area contributed by atoms with E-state index in [1.54, 1.807) is 24.3 Å². The maximum absolute atomic E-state index is 12.6. The van der Waals surface area contributed by atoms with Gasteiger partial charge in [-0.15, -0.1) is 0 Å². The van der Waals surface area contributed by atoms with Crippen molar-refractivity contribution in [2.45, 2.75) is 53.4 Å². The van der Waals surface area contributed by atoms with Crippen LogP contribution in [0.3, 0.4) is 0 Å². The molecule has 0 saturated heterocycles. The van der Waals surface area contributed by atoms with Crippen LogP contribution in [0.25, 0.3) is 0 Å². The van der Waals surface area contributed by atoms with E-state index in [2.05, 4.69) is 38.8 Å². The van der Waals surface area contributed by atoms with E-state index in [1.807, 2.05) is 6.92 Å². The van der Waals surface area contributed by atoms with Gasteiger partial charge in [-0.05, 0) is 37.6 Å². The highest BCUT2D eigenvalue weighted by Gasteiger charge is 2.37. The minimum absolute atomic E-state index is 0.0170. The lowest BCUT2D eigenvalue weighted by Crippen LogP contribution is -2.29. The minimum atomic E-state index is -1.31. The summed E-state index contributed by atoms with van der Waals surface area (Å²) < 4.78 is 12.2. The van der Waals surface area contributed by atoms with Crippen LogP contribution in [0.15, 0.2) is 28.7 Å². The highest BCUT2D eigenvalue weighted by molar-refractivity contribution is 6.48. The summed E-state index contributed by atoms with van der Waals surface area (Å²) in [6.07, 6.45) is -0.215. The van der Waals surface area contributed by atoms with E-state index < -0.39 is 9.04 Å². The van der Waals surface area contributed by atoms with Gasteiger partial charge in [0.15, 0.2) is 14.8 Å². The molecule has 0 saturated carbocycles. The van der Waals surface area contributed by atoms with E-state index in [0.717, 1.165) is 5.69 Å². The number of rotatable bonds is 5. The Morgan fingerprint density at radius 3 is 2.19 bits per heavy atom. The standard InChI is InChI=1S/C20H26N2O4Si/c1-12-16(17(20(2,3)4)26-27(5)6)25-15(21-12)11-22-18(23)13-9-7-8-10-14(13)19(22)24/h7-10,17,27H,11H2,1-6H3. The quantitative estimate of drug-likeness (QED) is 0.576. The monoisotopic (exact) mass is 386 g/mol. The van der Waals surface area contributed by atoms with Crippen molar-refractivity contribution in [3.8, 4) is 0 Å². The van der Waals surface area contributed by atoms with E-state index in [0.29, 0.717) is 22.8 Å². The summed E-state index contributed by atoms with van der Waals surface area (Å²) in [4.78, 5) is 30.8. The van der Waals surface area contributed by atoms with Crippen LogP contribution >= 0.6 is 0 Å². The number of nitrogens with zero attached hydrogens (tertiary/aromatic N) is 2. The Bertz CT molecular complexity index is 847. The van der Waals surface area contributed by atoms with Gasteiger partial charge < -0.3 is 8.84 Å². The molecule has 6 nitrogen and oxygen atoms in total. The fourth-order valence-corrected chi connectivity index (χ4v) is 4.30. The van der Waals surface area contributed by atoms with Gasteiger partial charge in [0.1, 0.15) is 12.6 Å². The van der Waals surface area contributed by atoms with Crippen LogP contribution < -0.4 is 0 Å². The number of imide groups is 1. The molecule has 144 valence electrons. The SMILES string of the molecule is Cc1nc(CN2C(=O)c3ccccc3C2=O)oc1C(O[SiH](C)C)C(C)(C)C. The zero-order valence-corrected chi connectivity index (χ0v) is 17.9. The largest absolute Gasteiger partial charge is 0.441 e. The molecule has 0 bridgehead atoms. The predicted octanol–water partition coefficient (Wildman–Crippen LogP) is 3.87. The first-order chi connectivity index (χ1) is 12.6. The molecule has 0 aliphatic carbocycles. The lowest BCUT2D eigenvalue weighted by molar-refractivity contribution is 0.0581. The van der Waals surface area contributed by atoms with Crippen molar-refractivity contribution >= 4 is 20.9 Å². The van der Waals surface area contributed by atoms with E-state index in [1.165, 1.54) is 4.90 Å². The summed E-state index contributed by atoms with van der Waals surface area (Å²) in [5, 5.41) is 0. The van der Waals surface area contributed by atoms with Gasteiger partial charge in [-0.3, -0.25) is 14.5 Å².